The molecule has 1 aromatic rings. The molecule has 0 saturated heterocycles. The van der Waals surface area contributed by atoms with E-state index in [9.17, 15) is 8.42 Å². The van der Waals surface area contributed by atoms with E-state index in [0.29, 0.717) is 5.69 Å². The van der Waals surface area contributed by atoms with E-state index < -0.39 is 10.1 Å². The summed E-state index contributed by atoms with van der Waals surface area (Å²) in [5, 5.41) is 3.95. The second kappa shape index (κ2) is 4.25. The Labute approximate surface area is 77.3 Å². The van der Waals surface area contributed by atoms with Gasteiger partial charge in [-0.1, -0.05) is 18.2 Å². The maximum Gasteiger partial charge on any atom is 0.266 e. The average Bonchev–Trinajstić information content (AvgIpc) is 2.04. The van der Waals surface area contributed by atoms with Crippen molar-refractivity contribution in [3.63, 3.8) is 0 Å². The molecule has 1 N–H and O–H groups in total. The molecule has 0 bridgehead atoms. The molecule has 0 spiro atoms. The number of rotatable bonds is 4. The molecule has 13 heavy (non-hydrogen) atoms. The zero-order valence-corrected chi connectivity index (χ0v) is 7.74. The number of para-hydroxylation sites is 1. The summed E-state index contributed by atoms with van der Waals surface area (Å²) in [7, 11) is -3.89. The molecule has 1 rings (SSSR count). The molecule has 0 aliphatic rings. The van der Waals surface area contributed by atoms with Gasteiger partial charge in [0, 0.05) is 0 Å². The van der Waals surface area contributed by atoms with Gasteiger partial charge in [-0.2, -0.15) is 8.42 Å². The number of benzene rings is 1. The fourth-order valence-electron chi connectivity index (χ4n) is 0.824. The predicted octanol–water partition coefficient (Wildman–Crippen LogP) is 0.810. The maximum absolute atomic E-state index is 10.3. The Balaban J connectivity index is 2.37. The molecule has 1 radical (unpaired) electrons. The van der Waals surface area contributed by atoms with Crippen LogP contribution in [0.3, 0.4) is 0 Å². The molecule has 0 fully saturated rings. The van der Waals surface area contributed by atoms with Crippen LogP contribution in [0, 0.1) is 0 Å². The van der Waals surface area contributed by atoms with Crippen LogP contribution in [0.5, 0.6) is 0 Å². The van der Waals surface area contributed by atoms with Gasteiger partial charge in [0.2, 0.25) is 0 Å². The van der Waals surface area contributed by atoms with E-state index in [-0.39, 0.29) is 12.3 Å². The van der Waals surface area contributed by atoms with Crippen molar-refractivity contribution in [1.82, 2.24) is 5.32 Å². The zero-order chi connectivity index (χ0) is 9.73. The fourth-order valence-corrected chi connectivity index (χ4v) is 1.15. The Morgan fingerprint density at radius 3 is 2.38 bits per heavy atom. The van der Waals surface area contributed by atoms with E-state index in [1.165, 1.54) is 0 Å². The summed E-state index contributed by atoms with van der Waals surface area (Å²) < 4.78 is 29.0. The van der Waals surface area contributed by atoms with Gasteiger partial charge in [-0.15, -0.1) is 0 Å². The summed E-state index contributed by atoms with van der Waals surface area (Å²) in [5.41, 5.74) is 0.714. The summed E-state index contributed by atoms with van der Waals surface area (Å²) >= 11 is 0. The van der Waals surface area contributed by atoms with Crippen LogP contribution in [-0.2, 0) is 10.1 Å². The van der Waals surface area contributed by atoms with E-state index in [0.717, 1.165) is 0 Å². The highest BCUT2D eigenvalue weighted by Gasteiger charge is 2.03. The first kappa shape index (κ1) is 10.0. The highest BCUT2D eigenvalue weighted by Crippen LogP contribution is 2.04. The first-order chi connectivity index (χ1) is 6.08. The van der Waals surface area contributed by atoms with Gasteiger partial charge in [0.15, 0.2) is 0 Å². The van der Waals surface area contributed by atoms with E-state index >= 15 is 0 Å². The predicted molar refractivity (Wildman–Crippen MR) is 49.5 cm³/mol. The first-order valence-corrected chi connectivity index (χ1v) is 5.36. The summed E-state index contributed by atoms with van der Waals surface area (Å²) in [6.45, 7) is 0.0862. The fraction of sp³-hybridized carbons (Fsp3) is 0.250. The van der Waals surface area contributed by atoms with Crippen molar-refractivity contribution in [2.75, 3.05) is 12.3 Å². The highest BCUT2D eigenvalue weighted by molar-refractivity contribution is 7.85. The van der Waals surface area contributed by atoms with E-state index in [2.05, 4.69) is 5.32 Å². The minimum absolute atomic E-state index is 0.0862. The molecule has 4 nitrogen and oxygen atoms in total. The van der Waals surface area contributed by atoms with E-state index in [1.54, 1.807) is 12.1 Å². The SMILES string of the molecule is O=S(=O)(O)CC[N]c1ccccc1. The Hall–Kier alpha value is -1.07. The van der Waals surface area contributed by atoms with Crippen LogP contribution in [0.2, 0.25) is 0 Å². The van der Waals surface area contributed by atoms with Crippen molar-refractivity contribution in [2.45, 2.75) is 0 Å². The normalized spacial score (nSPS) is 11.2. The van der Waals surface area contributed by atoms with Gasteiger partial charge in [-0.05, 0) is 12.1 Å². The maximum atomic E-state index is 10.3. The molecular formula is C8H10NO3S. The quantitative estimate of drug-likeness (QED) is 0.731. The number of hydrogen-bond acceptors (Lipinski definition) is 2. The third-order valence-electron chi connectivity index (χ3n) is 1.40. The third kappa shape index (κ3) is 4.49. The lowest BCUT2D eigenvalue weighted by atomic mass is 10.3. The highest BCUT2D eigenvalue weighted by atomic mass is 32.2. The van der Waals surface area contributed by atoms with Gasteiger partial charge < -0.3 is 0 Å². The van der Waals surface area contributed by atoms with Gasteiger partial charge in [0.1, 0.15) is 0 Å². The number of nitrogens with zero attached hydrogens (tertiary/aromatic N) is 1. The lowest BCUT2D eigenvalue weighted by Gasteiger charge is -2.00. The summed E-state index contributed by atoms with van der Waals surface area (Å²) in [4.78, 5) is 0. The van der Waals surface area contributed by atoms with Gasteiger partial charge in [-0.3, -0.25) is 9.87 Å². The minimum atomic E-state index is -3.89. The van der Waals surface area contributed by atoms with Crippen molar-refractivity contribution < 1.29 is 13.0 Å². The lowest BCUT2D eigenvalue weighted by Crippen LogP contribution is -2.13. The second-order valence-corrected chi connectivity index (χ2v) is 4.08. The molecule has 0 amide bonds. The third-order valence-corrected chi connectivity index (χ3v) is 2.10. The summed E-state index contributed by atoms with van der Waals surface area (Å²) in [6, 6.07) is 9.01. The molecule has 0 aliphatic heterocycles. The minimum Gasteiger partial charge on any atom is -0.285 e. The van der Waals surface area contributed by atoms with Crippen LogP contribution in [0.15, 0.2) is 30.3 Å². The molecular weight excluding hydrogens is 190 g/mol. The Kier molecular flexibility index (Phi) is 3.27. The van der Waals surface area contributed by atoms with Crippen molar-refractivity contribution in [2.24, 2.45) is 0 Å². The van der Waals surface area contributed by atoms with E-state index in [4.69, 9.17) is 4.55 Å². The topological polar surface area (TPSA) is 68.5 Å². The molecule has 0 unspecified atom stereocenters. The van der Waals surface area contributed by atoms with Crippen LogP contribution >= 0.6 is 0 Å². The lowest BCUT2D eigenvalue weighted by molar-refractivity contribution is 0.482. The van der Waals surface area contributed by atoms with Crippen molar-refractivity contribution >= 4 is 15.8 Å². The van der Waals surface area contributed by atoms with Crippen molar-refractivity contribution in [3.8, 4) is 0 Å². The van der Waals surface area contributed by atoms with Crippen LogP contribution in [0.1, 0.15) is 0 Å². The first-order valence-electron chi connectivity index (χ1n) is 3.76. The smallest absolute Gasteiger partial charge is 0.266 e. The average molecular weight is 200 g/mol. The van der Waals surface area contributed by atoms with Gasteiger partial charge in [-0.25, -0.2) is 0 Å². The zero-order valence-electron chi connectivity index (χ0n) is 6.92. The Morgan fingerprint density at radius 1 is 1.23 bits per heavy atom. The largest absolute Gasteiger partial charge is 0.285 e. The Morgan fingerprint density at radius 2 is 1.85 bits per heavy atom. The molecule has 71 valence electrons. The standard InChI is InChI=1S/C8H10NO3S/c10-13(11,12)7-6-9-8-4-2-1-3-5-8/h1-5H,6-7H2,(H,10,11,12). The molecule has 1 aromatic carbocycles. The molecule has 0 atom stereocenters. The van der Waals surface area contributed by atoms with Crippen LogP contribution in [-0.4, -0.2) is 25.3 Å². The Bertz CT molecular complexity index is 347. The molecule has 0 aromatic heterocycles. The summed E-state index contributed by atoms with van der Waals surface area (Å²) in [6.07, 6.45) is 0. The molecule has 0 saturated carbocycles. The van der Waals surface area contributed by atoms with Crippen molar-refractivity contribution in [3.05, 3.63) is 30.3 Å². The van der Waals surface area contributed by atoms with Gasteiger partial charge >= 0.3 is 0 Å². The molecule has 0 aliphatic carbocycles. The summed E-state index contributed by atoms with van der Waals surface area (Å²) in [5.74, 6) is -0.331. The number of hydrogen-bond donors (Lipinski definition) is 1. The van der Waals surface area contributed by atoms with E-state index in [1.807, 2.05) is 18.2 Å². The monoisotopic (exact) mass is 200 g/mol. The molecule has 5 heteroatoms. The van der Waals surface area contributed by atoms with Gasteiger partial charge in [0.25, 0.3) is 10.1 Å². The van der Waals surface area contributed by atoms with Gasteiger partial charge in [0.05, 0.1) is 18.0 Å². The van der Waals surface area contributed by atoms with Crippen LogP contribution in [0.25, 0.3) is 0 Å². The van der Waals surface area contributed by atoms with Crippen LogP contribution < -0.4 is 5.32 Å². The van der Waals surface area contributed by atoms with Crippen molar-refractivity contribution in [1.29, 1.82) is 0 Å². The molecule has 0 heterocycles. The second-order valence-electron chi connectivity index (χ2n) is 2.50. The van der Waals surface area contributed by atoms with Crippen LogP contribution in [0.4, 0.5) is 5.69 Å².